The van der Waals surface area contributed by atoms with Crippen molar-refractivity contribution in [1.29, 1.82) is 0 Å². The van der Waals surface area contributed by atoms with Crippen LogP contribution in [0.4, 0.5) is 5.95 Å². The second-order valence-electron chi connectivity index (χ2n) is 6.97. The van der Waals surface area contributed by atoms with Gasteiger partial charge >= 0.3 is 0 Å². The van der Waals surface area contributed by atoms with E-state index in [9.17, 15) is 9.59 Å². The molecule has 0 atom stereocenters. The summed E-state index contributed by atoms with van der Waals surface area (Å²) in [6.45, 7) is 5.82. The average Bonchev–Trinajstić information content (AvgIpc) is 3.20. The third kappa shape index (κ3) is 3.80. The number of amides is 2. The molecule has 1 saturated heterocycles. The van der Waals surface area contributed by atoms with Gasteiger partial charge in [-0.05, 0) is 26.4 Å². The standard InChI is InChI=1S/C18H28N6O2/c1-4-22(3)12-15(25)24-10-7-14-13(11-24)16(21-18(19-2)20-14)17(26)23-8-5-6-9-23/h4-12H2,1-3H3,(H,19,20,21). The molecule has 2 aliphatic heterocycles. The van der Waals surface area contributed by atoms with Crippen LogP contribution in [0, 0.1) is 0 Å². The molecule has 2 amide bonds. The Hall–Kier alpha value is -2.22. The van der Waals surface area contributed by atoms with E-state index in [2.05, 4.69) is 15.3 Å². The molecule has 3 rings (SSSR count). The van der Waals surface area contributed by atoms with E-state index in [1.165, 1.54) is 0 Å². The molecule has 1 fully saturated rings. The van der Waals surface area contributed by atoms with Gasteiger partial charge in [0.2, 0.25) is 11.9 Å². The van der Waals surface area contributed by atoms with Gasteiger partial charge in [0, 0.05) is 45.2 Å². The van der Waals surface area contributed by atoms with E-state index in [1.54, 1.807) is 7.05 Å². The number of hydrogen-bond acceptors (Lipinski definition) is 6. The van der Waals surface area contributed by atoms with Gasteiger partial charge in [0.25, 0.3) is 5.91 Å². The maximum atomic E-state index is 13.0. The fraction of sp³-hybridized carbons (Fsp3) is 0.667. The lowest BCUT2D eigenvalue weighted by Gasteiger charge is -2.31. The Kier molecular flexibility index (Phi) is 5.70. The van der Waals surface area contributed by atoms with Crippen molar-refractivity contribution >= 4 is 17.8 Å². The highest BCUT2D eigenvalue weighted by atomic mass is 16.2. The summed E-state index contributed by atoms with van der Waals surface area (Å²) in [5, 5.41) is 2.95. The minimum atomic E-state index is -0.0439. The molecule has 26 heavy (non-hydrogen) atoms. The smallest absolute Gasteiger partial charge is 0.273 e. The Morgan fingerprint density at radius 2 is 1.88 bits per heavy atom. The fourth-order valence-corrected chi connectivity index (χ4v) is 3.43. The molecule has 1 aromatic heterocycles. The van der Waals surface area contributed by atoms with E-state index in [1.807, 2.05) is 28.7 Å². The third-order valence-corrected chi connectivity index (χ3v) is 5.18. The Bertz CT molecular complexity index is 687. The summed E-state index contributed by atoms with van der Waals surface area (Å²) in [5.41, 5.74) is 2.13. The van der Waals surface area contributed by atoms with Gasteiger partial charge in [-0.3, -0.25) is 14.5 Å². The van der Waals surface area contributed by atoms with Crippen molar-refractivity contribution in [2.75, 3.05) is 52.1 Å². The highest BCUT2D eigenvalue weighted by molar-refractivity contribution is 5.94. The first kappa shape index (κ1) is 18.6. The molecular weight excluding hydrogens is 332 g/mol. The maximum Gasteiger partial charge on any atom is 0.273 e. The SMILES string of the molecule is CCN(C)CC(=O)N1CCc2nc(NC)nc(C(=O)N3CCCC3)c2C1. The van der Waals surface area contributed by atoms with Crippen molar-refractivity contribution in [1.82, 2.24) is 24.7 Å². The summed E-state index contributed by atoms with van der Waals surface area (Å²) in [5.74, 6) is 0.506. The number of likely N-dealkylation sites (tertiary alicyclic amines) is 1. The summed E-state index contributed by atoms with van der Waals surface area (Å²) in [6.07, 6.45) is 2.71. The number of anilines is 1. The minimum absolute atomic E-state index is 0.0439. The van der Waals surface area contributed by atoms with Crippen molar-refractivity contribution < 1.29 is 9.59 Å². The number of carbonyl (C=O) groups is 2. The van der Waals surface area contributed by atoms with Crippen LogP contribution in [0.5, 0.6) is 0 Å². The summed E-state index contributed by atoms with van der Waals surface area (Å²) < 4.78 is 0. The molecule has 0 saturated carbocycles. The van der Waals surface area contributed by atoms with Gasteiger partial charge in [-0.25, -0.2) is 9.97 Å². The van der Waals surface area contributed by atoms with Crippen LogP contribution in [0.3, 0.4) is 0 Å². The van der Waals surface area contributed by atoms with E-state index in [0.29, 0.717) is 37.7 Å². The molecule has 8 nitrogen and oxygen atoms in total. The van der Waals surface area contributed by atoms with Gasteiger partial charge in [0.05, 0.1) is 12.2 Å². The molecular formula is C18H28N6O2. The predicted octanol–water partition coefficient (Wildman–Crippen LogP) is 0.591. The zero-order valence-corrected chi connectivity index (χ0v) is 15.9. The zero-order chi connectivity index (χ0) is 18.7. The monoisotopic (exact) mass is 360 g/mol. The molecule has 0 unspecified atom stereocenters. The number of rotatable bonds is 5. The quantitative estimate of drug-likeness (QED) is 0.828. The molecule has 0 spiro atoms. The largest absolute Gasteiger partial charge is 0.357 e. The Morgan fingerprint density at radius 3 is 2.54 bits per heavy atom. The molecule has 8 heteroatoms. The normalized spacial score (nSPS) is 16.8. The first-order valence-corrected chi connectivity index (χ1v) is 9.36. The maximum absolute atomic E-state index is 13.0. The molecule has 3 heterocycles. The highest BCUT2D eigenvalue weighted by Gasteiger charge is 2.30. The number of nitrogens with one attached hydrogen (secondary N) is 1. The van der Waals surface area contributed by atoms with Crippen LogP contribution in [0.25, 0.3) is 0 Å². The van der Waals surface area contributed by atoms with E-state index in [-0.39, 0.29) is 11.8 Å². The molecule has 0 aliphatic carbocycles. The lowest BCUT2D eigenvalue weighted by atomic mass is 10.0. The first-order chi connectivity index (χ1) is 12.5. The van der Waals surface area contributed by atoms with Crippen LogP contribution in [0.15, 0.2) is 0 Å². The van der Waals surface area contributed by atoms with Crippen molar-refractivity contribution in [3.8, 4) is 0 Å². The van der Waals surface area contributed by atoms with Gasteiger partial charge in [0.1, 0.15) is 5.69 Å². The van der Waals surface area contributed by atoms with Crippen LogP contribution in [0.2, 0.25) is 0 Å². The van der Waals surface area contributed by atoms with Gasteiger partial charge in [-0.2, -0.15) is 0 Å². The van der Waals surface area contributed by atoms with Crippen LogP contribution < -0.4 is 5.32 Å². The van der Waals surface area contributed by atoms with E-state index >= 15 is 0 Å². The Labute approximate surface area is 154 Å². The number of likely N-dealkylation sites (N-methyl/N-ethyl adjacent to an activating group) is 1. The van der Waals surface area contributed by atoms with Gasteiger partial charge in [-0.1, -0.05) is 6.92 Å². The van der Waals surface area contributed by atoms with E-state index in [4.69, 9.17) is 0 Å². The van der Waals surface area contributed by atoms with Gasteiger partial charge < -0.3 is 15.1 Å². The van der Waals surface area contributed by atoms with Gasteiger partial charge in [0.15, 0.2) is 0 Å². The molecule has 1 N–H and O–H groups in total. The van der Waals surface area contributed by atoms with Crippen molar-refractivity contribution in [2.45, 2.75) is 32.7 Å². The fourth-order valence-electron chi connectivity index (χ4n) is 3.43. The van der Waals surface area contributed by atoms with Crippen molar-refractivity contribution in [3.05, 3.63) is 17.0 Å². The number of carbonyl (C=O) groups excluding carboxylic acids is 2. The summed E-state index contributed by atoms with van der Waals surface area (Å²) >= 11 is 0. The Morgan fingerprint density at radius 1 is 1.15 bits per heavy atom. The molecule has 2 aliphatic rings. The lowest BCUT2D eigenvalue weighted by Crippen LogP contribution is -2.43. The molecule has 142 valence electrons. The average molecular weight is 360 g/mol. The molecule has 0 radical (unpaired) electrons. The van der Waals surface area contributed by atoms with Crippen molar-refractivity contribution in [3.63, 3.8) is 0 Å². The van der Waals surface area contributed by atoms with Gasteiger partial charge in [-0.15, -0.1) is 0 Å². The lowest BCUT2D eigenvalue weighted by molar-refractivity contribution is -0.133. The second kappa shape index (κ2) is 7.99. The summed E-state index contributed by atoms with van der Waals surface area (Å²) in [4.78, 5) is 40.2. The number of hydrogen-bond donors (Lipinski definition) is 1. The van der Waals surface area contributed by atoms with Crippen LogP contribution in [-0.2, 0) is 17.8 Å². The van der Waals surface area contributed by atoms with Crippen LogP contribution in [0.1, 0.15) is 41.5 Å². The van der Waals surface area contributed by atoms with Crippen molar-refractivity contribution in [2.24, 2.45) is 0 Å². The molecule has 0 bridgehead atoms. The number of fused-ring (bicyclic) bond motifs is 1. The van der Waals surface area contributed by atoms with E-state index < -0.39 is 0 Å². The van der Waals surface area contributed by atoms with Crippen LogP contribution in [-0.4, -0.2) is 83.3 Å². The Balaban J connectivity index is 1.87. The molecule has 0 aromatic carbocycles. The highest BCUT2D eigenvalue weighted by Crippen LogP contribution is 2.24. The minimum Gasteiger partial charge on any atom is -0.357 e. The number of aromatic nitrogens is 2. The third-order valence-electron chi connectivity index (χ3n) is 5.18. The van der Waals surface area contributed by atoms with Crippen LogP contribution >= 0.6 is 0 Å². The molecule has 1 aromatic rings. The summed E-state index contributed by atoms with van der Waals surface area (Å²) in [6, 6.07) is 0. The topological polar surface area (TPSA) is 81.7 Å². The second-order valence-corrected chi connectivity index (χ2v) is 6.97. The predicted molar refractivity (Wildman–Crippen MR) is 99.0 cm³/mol. The summed E-state index contributed by atoms with van der Waals surface area (Å²) in [7, 11) is 3.69. The number of nitrogens with zero attached hydrogens (tertiary/aromatic N) is 5. The first-order valence-electron chi connectivity index (χ1n) is 9.36. The van der Waals surface area contributed by atoms with E-state index in [0.717, 1.165) is 43.7 Å². The zero-order valence-electron chi connectivity index (χ0n) is 15.9.